The average Bonchev–Trinajstić information content (AvgIpc) is 2.91. The van der Waals surface area contributed by atoms with E-state index in [1.165, 1.54) is 11.0 Å². The molecule has 2 aliphatic rings. The first-order chi connectivity index (χ1) is 18.8. The fourth-order valence-corrected chi connectivity index (χ4v) is 5.31. The van der Waals surface area contributed by atoms with E-state index < -0.39 is 17.1 Å². The molecule has 1 unspecified atom stereocenters. The van der Waals surface area contributed by atoms with E-state index >= 15 is 0 Å². The summed E-state index contributed by atoms with van der Waals surface area (Å²) in [6, 6.07) is 19.1. The number of aryl methyl sites for hydroxylation is 1. The molecule has 4 bridgehead atoms. The second-order valence-electron chi connectivity index (χ2n) is 9.60. The maximum atomic E-state index is 13.9. The standard InChI is InChI=1S/C29H29N5O4S/c1-34-17-21-16-22(10-12-25(21)39(37)38)32-26(35)4-2-3-18-5-7-19(8-6-18)27(29(34)36)33-23-9-11-24-20(15-23)13-14-31-28(24)30/h5-16,27,33H,2-4,17H2,1H3,(H2,30,31)(H,32,35)(H,37,38)/p-1/t27-/m1/s1. The zero-order valence-corrected chi connectivity index (χ0v) is 22.2. The fraction of sp³-hybridized carbons (Fsp3) is 0.207. The predicted octanol–water partition coefficient (Wildman–Crippen LogP) is 4.14. The molecule has 2 amide bonds. The topological polar surface area (TPSA) is 140 Å². The van der Waals surface area contributed by atoms with Gasteiger partial charge in [0.25, 0.3) is 0 Å². The lowest BCUT2D eigenvalue weighted by atomic mass is 10.00. The van der Waals surface area contributed by atoms with Gasteiger partial charge in [0.05, 0.1) is 0 Å². The third-order valence-corrected chi connectivity index (χ3v) is 7.60. The lowest BCUT2D eigenvalue weighted by Crippen LogP contribution is -2.35. The summed E-state index contributed by atoms with van der Waals surface area (Å²) in [5.74, 6) is 0.0312. The molecule has 9 nitrogen and oxygen atoms in total. The molecule has 200 valence electrons. The SMILES string of the molecule is CN1Cc2cc(ccc2S(=O)[O-])NC(=O)CCCc2ccc(cc2)[C@@H](Nc2ccc3c(N)nccc3c2)C1=O. The molecule has 4 N–H and O–H groups in total. The number of hydrogen-bond donors (Lipinski definition) is 3. The lowest BCUT2D eigenvalue weighted by molar-refractivity contribution is -0.131. The second-order valence-corrected chi connectivity index (χ2v) is 10.5. The molecule has 0 spiro atoms. The van der Waals surface area contributed by atoms with Gasteiger partial charge in [-0.1, -0.05) is 24.3 Å². The number of benzene rings is 3. The van der Waals surface area contributed by atoms with Crippen molar-refractivity contribution >= 4 is 50.9 Å². The molecule has 1 aromatic heterocycles. The molecule has 2 atom stereocenters. The zero-order valence-electron chi connectivity index (χ0n) is 21.3. The third kappa shape index (κ3) is 5.92. The summed E-state index contributed by atoms with van der Waals surface area (Å²) < 4.78 is 23.9. The lowest BCUT2D eigenvalue weighted by Gasteiger charge is -2.27. The van der Waals surface area contributed by atoms with Crippen LogP contribution in [0.25, 0.3) is 10.8 Å². The first-order valence-corrected chi connectivity index (χ1v) is 13.6. The minimum Gasteiger partial charge on any atom is -0.768 e. The molecule has 0 fully saturated rings. The van der Waals surface area contributed by atoms with Crippen LogP contribution in [-0.2, 0) is 33.6 Å². The molecular formula is C29H28N5O4S-. The van der Waals surface area contributed by atoms with Crippen molar-refractivity contribution in [3.63, 3.8) is 0 Å². The number of nitrogens with two attached hydrogens (primary N) is 1. The van der Waals surface area contributed by atoms with E-state index in [2.05, 4.69) is 15.6 Å². The molecule has 3 aromatic carbocycles. The van der Waals surface area contributed by atoms with Crippen LogP contribution in [0.1, 0.15) is 35.6 Å². The number of fused-ring (bicyclic) bond motifs is 10. The molecule has 2 aliphatic heterocycles. The number of carbonyl (C=O) groups excluding carboxylic acids is 2. The Labute approximate surface area is 228 Å². The van der Waals surface area contributed by atoms with Crippen molar-refractivity contribution in [2.75, 3.05) is 23.4 Å². The highest BCUT2D eigenvalue weighted by Crippen LogP contribution is 2.28. The fourth-order valence-electron chi connectivity index (χ4n) is 4.80. The van der Waals surface area contributed by atoms with Gasteiger partial charge in [-0.05, 0) is 88.5 Å². The summed E-state index contributed by atoms with van der Waals surface area (Å²) in [7, 11) is 1.63. The van der Waals surface area contributed by atoms with E-state index in [1.807, 2.05) is 48.5 Å². The highest BCUT2D eigenvalue weighted by Gasteiger charge is 2.25. The van der Waals surface area contributed by atoms with Crippen molar-refractivity contribution in [3.8, 4) is 0 Å². The van der Waals surface area contributed by atoms with Crippen LogP contribution in [0, 0.1) is 0 Å². The van der Waals surface area contributed by atoms with E-state index in [4.69, 9.17) is 5.73 Å². The van der Waals surface area contributed by atoms with E-state index in [0.29, 0.717) is 36.3 Å². The monoisotopic (exact) mass is 542 g/mol. The number of nitrogen functional groups attached to an aromatic ring is 1. The Bertz CT molecular complexity index is 1570. The summed E-state index contributed by atoms with van der Waals surface area (Å²) in [6.07, 6.45) is 3.33. The number of likely N-dealkylation sites (N-methyl/N-ethyl adjacent to an activating group) is 1. The second kappa shape index (κ2) is 11.2. The van der Waals surface area contributed by atoms with E-state index in [-0.39, 0.29) is 23.3 Å². The minimum atomic E-state index is -2.51. The van der Waals surface area contributed by atoms with Crippen molar-refractivity contribution < 1.29 is 18.4 Å². The van der Waals surface area contributed by atoms with E-state index in [0.717, 1.165) is 27.6 Å². The molecule has 0 saturated heterocycles. The summed E-state index contributed by atoms with van der Waals surface area (Å²) >= 11 is -2.51. The zero-order chi connectivity index (χ0) is 27.5. The number of rotatable bonds is 3. The number of aromatic nitrogens is 1. The van der Waals surface area contributed by atoms with Crippen molar-refractivity contribution in [3.05, 3.63) is 89.6 Å². The molecule has 6 rings (SSSR count). The Morgan fingerprint density at radius 2 is 1.85 bits per heavy atom. The van der Waals surface area contributed by atoms with Crippen molar-refractivity contribution in [2.24, 2.45) is 0 Å². The first kappa shape index (κ1) is 26.3. The first-order valence-electron chi connectivity index (χ1n) is 12.5. The third-order valence-electron chi connectivity index (χ3n) is 6.84. The maximum Gasteiger partial charge on any atom is 0.249 e. The highest BCUT2D eigenvalue weighted by molar-refractivity contribution is 7.79. The molecular weight excluding hydrogens is 514 g/mol. The van der Waals surface area contributed by atoms with Crippen LogP contribution in [0.5, 0.6) is 0 Å². The number of pyridine rings is 1. The van der Waals surface area contributed by atoms with Crippen LogP contribution < -0.4 is 16.4 Å². The van der Waals surface area contributed by atoms with Crippen molar-refractivity contribution in [2.45, 2.75) is 36.7 Å². The summed E-state index contributed by atoms with van der Waals surface area (Å²) in [5.41, 5.74) is 9.45. The Hall–Kier alpha value is -4.28. The molecule has 0 radical (unpaired) electrons. The number of nitrogens with zero attached hydrogens (tertiary/aromatic N) is 2. The molecule has 0 saturated carbocycles. The van der Waals surface area contributed by atoms with Crippen LogP contribution in [0.15, 0.2) is 77.8 Å². The molecule has 0 aliphatic carbocycles. The molecule has 4 aromatic rings. The molecule has 39 heavy (non-hydrogen) atoms. The highest BCUT2D eigenvalue weighted by atomic mass is 32.2. The Morgan fingerprint density at radius 3 is 2.62 bits per heavy atom. The van der Waals surface area contributed by atoms with E-state index in [9.17, 15) is 18.4 Å². The maximum absolute atomic E-state index is 13.9. The largest absolute Gasteiger partial charge is 0.768 e. The van der Waals surface area contributed by atoms with Gasteiger partial charge in [0, 0.05) is 47.9 Å². The average molecular weight is 543 g/mol. The number of carbonyl (C=O) groups is 2. The van der Waals surface area contributed by atoms with Gasteiger partial charge in [-0.2, -0.15) is 0 Å². The number of hydrogen-bond acceptors (Lipinski definition) is 7. The summed E-state index contributed by atoms with van der Waals surface area (Å²) in [6.45, 7) is 0.0298. The quantitative estimate of drug-likeness (QED) is 0.331. The van der Waals surface area contributed by atoms with Crippen molar-refractivity contribution in [1.82, 2.24) is 9.88 Å². The van der Waals surface area contributed by atoms with Gasteiger partial charge in [-0.25, -0.2) is 4.98 Å². The van der Waals surface area contributed by atoms with Crippen LogP contribution >= 0.6 is 0 Å². The molecule has 10 heteroatoms. The summed E-state index contributed by atoms with van der Waals surface area (Å²) in [5, 5.41) is 7.92. The van der Waals surface area contributed by atoms with Crippen LogP contribution in [0.3, 0.4) is 0 Å². The van der Waals surface area contributed by atoms with Gasteiger partial charge in [0.2, 0.25) is 11.8 Å². The van der Waals surface area contributed by atoms with Gasteiger partial charge in [0.1, 0.15) is 11.9 Å². The van der Waals surface area contributed by atoms with Crippen LogP contribution in [-0.4, -0.2) is 37.5 Å². The van der Waals surface area contributed by atoms with Crippen LogP contribution in [0.2, 0.25) is 0 Å². The Kier molecular flexibility index (Phi) is 7.58. The minimum absolute atomic E-state index is 0.0298. The van der Waals surface area contributed by atoms with Crippen molar-refractivity contribution in [1.29, 1.82) is 0 Å². The summed E-state index contributed by atoms with van der Waals surface area (Å²) in [4.78, 5) is 32.0. The number of amides is 2. The van der Waals surface area contributed by atoms with Crippen LogP contribution in [0.4, 0.5) is 17.2 Å². The predicted molar refractivity (Wildman–Crippen MR) is 151 cm³/mol. The Balaban J connectivity index is 1.53. The van der Waals surface area contributed by atoms with Gasteiger partial charge in [-0.3, -0.25) is 13.8 Å². The normalized spacial score (nSPS) is 17.2. The smallest absolute Gasteiger partial charge is 0.249 e. The Morgan fingerprint density at radius 1 is 1.05 bits per heavy atom. The van der Waals surface area contributed by atoms with Gasteiger partial charge >= 0.3 is 0 Å². The number of nitrogens with one attached hydrogen (secondary N) is 2. The van der Waals surface area contributed by atoms with Gasteiger partial charge in [0.15, 0.2) is 0 Å². The number of anilines is 3. The van der Waals surface area contributed by atoms with Gasteiger partial charge < -0.3 is 25.8 Å². The molecule has 3 heterocycles. The van der Waals surface area contributed by atoms with E-state index in [1.54, 1.807) is 25.4 Å². The van der Waals surface area contributed by atoms with Gasteiger partial charge in [-0.15, -0.1) is 0 Å².